The van der Waals surface area contributed by atoms with Crippen molar-refractivity contribution in [2.24, 2.45) is 5.41 Å². The number of likely N-dealkylation sites (tertiary alicyclic amines) is 1. The number of hydrogen-bond acceptors (Lipinski definition) is 5. The number of aromatic nitrogens is 1. The summed E-state index contributed by atoms with van der Waals surface area (Å²) in [5, 5.41) is 0. The molecular weight excluding hydrogens is 316 g/mol. The lowest BCUT2D eigenvalue weighted by atomic mass is 9.72. The third-order valence-electron chi connectivity index (χ3n) is 6.11. The van der Waals surface area contributed by atoms with Gasteiger partial charge in [-0.15, -0.1) is 0 Å². The normalized spacial score (nSPS) is 31.6. The minimum atomic E-state index is 0.150. The number of rotatable bonds is 5. The lowest BCUT2D eigenvalue weighted by Crippen LogP contribution is -2.59. The molecule has 0 spiro atoms. The van der Waals surface area contributed by atoms with Gasteiger partial charge in [0.25, 0.3) is 0 Å². The van der Waals surface area contributed by atoms with Gasteiger partial charge in [0.05, 0.1) is 19.3 Å². The molecule has 0 saturated carbocycles. The molecule has 0 N–H and O–H groups in total. The Bertz CT molecular complexity index is 535. The molecule has 2 atom stereocenters. The first-order chi connectivity index (χ1) is 12.4. The molecule has 0 amide bonds. The molecule has 0 aliphatic carbocycles. The van der Waals surface area contributed by atoms with Crippen LogP contribution in [0.3, 0.4) is 0 Å². The number of fused-ring (bicyclic) bond motifs is 1. The van der Waals surface area contributed by atoms with Crippen molar-refractivity contribution in [3.63, 3.8) is 0 Å². The summed E-state index contributed by atoms with van der Waals surface area (Å²) in [7, 11) is 0. The highest BCUT2D eigenvalue weighted by molar-refractivity contribution is 5.07. The monoisotopic (exact) mass is 346 g/mol. The predicted octanol–water partition coefficient (Wildman–Crippen LogP) is 2.65. The number of nitrogens with zero attached hydrogens (tertiary/aromatic N) is 2. The minimum absolute atomic E-state index is 0.150. The van der Waals surface area contributed by atoms with Crippen molar-refractivity contribution in [1.82, 2.24) is 9.88 Å². The van der Waals surface area contributed by atoms with Crippen molar-refractivity contribution in [2.45, 2.75) is 50.9 Å². The quantitative estimate of drug-likeness (QED) is 0.820. The number of hydrogen-bond donors (Lipinski definition) is 0. The zero-order chi connectivity index (χ0) is 17.0. The topological polar surface area (TPSA) is 43.8 Å². The number of ether oxygens (including phenoxy) is 3. The molecule has 0 radical (unpaired) electrons. The van der Waals surface area contributed by atoms with E-state index in [-0.39, 0.29) is 5.41 Å². The maximum absolute atomic E-state index is 6.18. The molecule has 3 saturated heterocycles. The van der Waals surface area contributed by atoms with Crippen LogP contribution in [0.5, 0.6) is 0 Å². The third kappa shape index (κ3) is 4.05. The van der Waals surface area contributed by atoms with Crippen LogP contribution in [0.15, 0.2) is 24.5 Å². The van der Waals surface area contributed by atoms with Crippen LogP contribution < -0.4 is 0 Å². The van der Waals surface area contributed by atoms with Gasteiger partial charge in [-0.1, -0.05) is 6.07 Å². The SMILES string of the molecule is c1cncc(COCC23CCCOC2CCN(C2CCOCC2)C3)c1. The summed E-state index contributed by atoms with van der Waals surface area (Å²) in [5.74, 6) is 0. The smallest absolute Gasteiger partial charge is 0.0732 e. The van der Waals surface area contributed by atoms with Crippen molar-refractivity contribution in [1.29, 1.82) is 0 Å². The fourth-order valence-electron chi connectivity index (χ4n) is 4.75. The highest BCUT2D eigenvalue weighted by Crippen LogP contribution is 2.41. The van der Waals surface area contributed by atoms with Gasteiger partial charge in [0, 0.05) is 56.8 Å². The van der Waals surface area contributed by atoms with E-state index in [2.05, 4.69) is 16.0 Å². The van der Waals surface area contributed by atoms with Gasteiger partial charge in [0.1, 0.15) is 0 Å². The van der Waals surface area contributed by atoms with Gasteiger partial charge in [-0.25, -0.2) is 0 Å². The Hall–Kier alpha value is -1.01. The number of piperidine rings is 1. The standard InChI is InChI=1S/C20H30N2O3/c1-3-17(13-21-8-1)14-24-16-20-7-2-10-25-19(20)4-9-22(15-20)18-5-11-23-12-6-18/h1,3,8,13,18-19H,2,4-7,9-12,14-16H2. The van der Waals surface area contributed by atoms with E-state index in [0.717, 1.165) is 70.8 Å². The van der Waals surface area contributed by atoms with E-state index >= 15 is 0 Å². The average molecular weight is 346 g/mol. The van der Waals surface area contributed by atoms with Crippen LogP contribution in [0, 0.1) is 5.41 Å². The van der Waals surface area contributed by atoms with Gasteiger partial charge in [-0.05, 0) is 43.7 Å². The van der Waals surface area contributed by atoms with Crippen LogP contribution in [0.4, 0.5) is 0 Å². The second kappa shape index (κ2) is 8.12. The molecule has 5 heteroatoms. The molecular formula is C20H30N2O3. The molecule has 3 fully saturated rings. The summed E-state index contributed by atoms with van der Waals surface area (Å²) in [5.41, 5.74) is 1.29. The van der Waals surface area contributed by atoms with Crippen molar-refractivity contribution in [3.05, 3.63) is 30.1 Å². The van der Waals surface area contributed by atoms with E-state index in [1.807, 2.05) is 12.3 Å². The van der Waals surface area contributed by atoms with E-state index in [1.54, 1.807) is 6.20 Å². The summed E-state index contributed by atoms with van der Waals surface area (Å²) in [6.45, 7) is 6.41. The van der Waals surface area contributed by atoms with Gasteiger partial charge in [-0.2, -0.15) is 0 Å². The van der Waals surface area contributed by atoms with Crippen LogP contribution in [-0.2, 0) is 20.8 Å². The molecule has 138 valence electrons. The molecule has 0 bridgehead atoms. The van der Waals surface area contributed by atoms with E-state index in [9.17, 15) is 0 Å². The van der Waals surface area contributed by atoms with Crippen LogP contribution in [0.2, 0.25) is 0 Å². The summed E-state index contributed by atoms with van der Waals surface area (Å²) in [4.78, 5) is 6.87. The van der Waals surface area contributed by atoms with Crippen molar-refractivity contribution < 1.29 is 14.2 Å². The maximum Gasteiger partial charge on any atom is 0.0732 e. The average Bonchev–Trinajstić information content (AvgIpc) is 2.69. The first-order valence-corrected chi connectivity index (χ1v) is 9.76. The lowest BCUT2D eigenvalue weighted by Gasteiger charge is -2.52. The molecule has 3 aliphatic heterocycles. The van der Waals surface area contributed by atoms with Crippen molar-refractivity contribution in [2.75, 3.05) is 39.5 Å². The van der Waals surface area contributed by atoms with Crippen LogP contribution in [0.25, 0.3) is 0 Å². The van der Waals surface area contributed by atoms with E-state index in [0.29, 0.717) is 18.8 Å². The minimum Gasteiger partial charge on any atom is -0.381 e. The molecule has 5 nitrogen and oxygen atoms in total. The number of pyridine rings is 1. The highest BCUT2D eigenvalue weighted by Gasteiger charge is 2.47. The molecule has 1 aromatic heterocycles. The van der Waals surface area contributed by atoms with Gasteiger partial charge < -0.3 is 14.2 Å². The molecule has 0 aromatic carbocycles. The first kappa shape index (κ1) is 17.4. The van der Waals surface area contributed by atoms with Crippen LogP contribution in [0.1, 0.15) is 37.7 Å². The molecule has 1 aromatic rings. The van der Waals surface area contributed by atoms with E-state index < -0.39 is 0 Å². The molecule has 4 heterocycles. The highest BCUT2D eigenvalue weighted by atomic mass is 16.5. The van der Waals surface area contributed by atoms with Gasteiger partial charge in [0.2, 0.25) is 0 Å². The van der Waals surface area contributed by atoms with Crippen molar-refractivity contribution >= 4 is 0 Å². The zero-order valence-electron chi connectivity index (χ0n) is 15.1. The van der Waals surface area contributed by atoms with Crippen LogP contribution in [-0.4, -0.2) is 61.5 Å². The van der Waals surface area contributed by atoms with E-state index in [1.165, 1.54) is 6.42 Å². The Labute approximate surface area is 150 Å². The first-order valence-electron chi connectivity index (χ1n) is 9.76. The predicted molar refractivity (Wildman–Crippen MR) is 95.3 cm³/mol. The van der Waals surface area contributed by atoms with Gasteiger partial charge in [-0.3, -0.25) is 9.88 Å². The Morgan fingerprint density at radius 3 is 3.00 bits per heavy atom. The summed E-state index contributed by atoms with van der Waals surface area (Å²) < 4.78 is 17.9. The molecule has 3 aliphatic rings. The third-order valence-corrected chi connectivity index (χ3v) is 6.11. The lowest BCUT2D eigenvalue weighted by molar-refractivity contribution is -0.163. The Balaban J connectivity index is 1.40. The Morgan fingerprint density at radius 1 is 1.24 bits per heavy atom. The van der Waals surface area contributed by atoms with Gasteiger partial charge >= 0.3 is 0 Å². The Morgan fingerprint density at radius 2 is 2.16 bits per heavy atom. The molecule has 4 rings (SSSR count). The summed E-state index contributed by atoms with van der Waals surface area (Å²) in [6.07, 6.45) is 9.87. The summed E-state index contributed by atoms with van der Waals surface area (Å²) >= 11 is 0. The Kier molecular flexibility index (Phi) is 5.66. The maximum atomic E-state index is 6.18. The fraction of sp³-hybridized carbons (Fsp3) is 0.750. The zero-order valence-corrected chi connectivity index (χ0v) is 15.1. The fourth-order valence-corrected chi connectivity index (χ4v) is 4.75. The van der Waals surface area contributed by atoms with Crippen molar-refractivity contribution in [3.8, 4) is 0 Å². The molecule has 2 unspecified atom stereocenters. The van der Waals surface area contributed by atoms with Gasteiger partial charge in [0.15, 0.2) is 0 Å². The summed E-state index contributed by atoms with van der Waals surface area (Å²) in [6, 6.07) is 4.72. The second-order valence-corrected chi connectivity index (χ2v) is 7.78. The molecule has 25 heavy (non-hydrogen) atoms. The van der Waals surface area contributed by atoms with E-state index in [4.69, 9.17) is 14.2 Å². The second-order valence-electron chi connectivity index (χ2n) is 7.78. The largest absolute Gasteiger partial charge is 0.381 e. The van der Waals surface area contributed by atoms with Crippen LogP contribution >= 0.6 is 0 Å².